The van der Waals surface area contributed by atoms with Crippen LogP contribution in [0, 0.1) is 0 Å². The molecule has 0 spiro atoms. The van der Waals surface area contributed by atoms with E-state index in [2.05, 4.69) is 11.9 Å². The van der Waals surface area contributed by atoms with Crippen molar-refractivity contribution in [3.8, 4) is 0 Å². The molecule has 2 N–H and O–H groups in total. The Morgan fingerprint density at radius 3 is 2.95 bits per heavy atom. The molecule has 0 radical (unpaired) electrons. The van der Waals surface area contributed by atoms with Crippen molar-refractivity contribution in [2.45, 2.75) is 43.7 Å². The molecule has 0 saturated carbocycles. The topological polar surface area (TPSA) is 111 Å². The van der Waals surface area contributed by atoms with Crippen LogP contribution in [0.4, 0.5) is 0 Å². The molecule has 21 heavy (non-hydrogen) atoms. The second-order valence-electron chi connectivity index (χ2n) is 5.12. The van der Waals surface area contributed by atoms with Crippen molar-refractivity contribution >= 4 is 23.2 Å². The molecule has 2 aliphatic rings. The Balaban J connectivity index is 1.98. The van der Waals surface area contributed by atoms with Crippen LogP contribution < -0.4 is 5.32 Å². The molecule has 2 saturated heterocycles. The van der Waals surface area contributed by atoms with Gasteiger partial charge in [-0.1, -0.05) is 6.58 Å². The van der Waals surface area contributed by atoms with Crippen LogP contribution in [0.25, 0.3) is 0 Å². The molecule has 9 heteroatoms. The normalized spacial score (nSPS) is 35.2. The van der Waals surface area contributed by atoms with Crippen LogP contribution in [-0.2, 0) is 34.6 Å². The van der Waals surface area contributed by atoms with Crippen LogP contribution in [0.1, 0.15) is 19.8 Å². The molecule has 0 aromatic heterocycles. The van der Waals surface area contributed by atoms with Gasteiger partial charge in [0.15, 0.2) is 6.10 Å². The van der Waals surface area contributed by atoms with Crippen LogP contribution in [0.3, 0.4) is 0 Å². The van der Waals surface area contributed by atoms with Gasteiger partial charge in [0, 0.05) is 0 Å². The minimum Gasteiger partial charge on any atom is -0.455 e. The Morgan fingerprint density at radius 2 is 2.33 bits per heavy atom. The predicted molar refractivity (Wildman–Crippen MR) is 71.2 cm³/mol. The maximum absolute atomic E-state index is 11.7. The zero-order chi connectivity index (χ0) is 15.6. The van der Waals surface area contributed by atoms with E-state index in [0.717, 1.165) is 6.08 Å². The second kappa shape index (κ2) is 6.22. The highest BCUT2D eigenvalue weighted by Gasteiger charge is 2.60. The smallest absolute Gasteiger partial charge is 0.325 e. The first-order chi connectivity index (χ1) is 9.85. The Bertz CT molecular complexity index is 482. The first-order valence-electron chi connectivity index (χ1n) is 6.41. The van der Waals surface area contributed by atoms with Gasteiger partial charge in [-0.25, -0.2) is 0 Å². The van der Waals surface area contributed by atoms with Crippen LogP contribution in [0.15, 0.2) is 12.7 Å². The lowest BCUT2D eigenvalue weighted by Gasteiger charge is -2.31. The summed E-state index contributed by atoms with van der Waals surface area (Å²) in [5.41, 5.74) is -0.743. The van der Waals surface area contributed by atoms with Gasteiger partial charge in [-0.3, -0.25) is 18.3 Å². The quantitative estimate of drug-likeness (QED) is 0.392. The van der Waals surface area contributed by atoms with Crippen LogP contribution >= 0.6 is 0 Å². The summed E-state index contributed by atoms with van der Waals surface area (Å²) < 4.78 is 35.6. The number of carbonyl (C=O) groups excluding carboxylic acids is 2. The van der Waals surface area contributed by atoms with Crippen molar-refractivity contribution in [3.05, 3.63) is 12.7 Å². The molecular weight excluding hydrogens is 302 g/mol. The van der Waals surface area contributed by atoms with E-state index in [1.807, 2.05) is 0 Å². The summed E-state index contributed by atoms with van der Waals surface area (Å²) in [4.78, 5) is 22.7. The first-order valence-corrected chi connectivity index (χ1v) is 7.44. The van der Waals surface area contributed by atoms with Gasteiger partial charge in [0.2, 0.25) is 5.91 Å². The number of hydrogen-bond acceptors (Lipinski definition) is 6. The molecular formula is C12H17NO7S. The molecule has 118 valence electrons. The van der Waals surface area contributed by atoms with Gasteiger partial charge in [-0.15, -0.1) is 0 Å². The molecule has 2 fully saturated rings. The lowest BCUT2D eigenvalue weighted by molar-refractivity contribution is -0.160. The SMILES string of the molecule is C=CC(=O)NCC(=O)OC1C(OS(=O)O)C2CCC1(C)O2. The van der Waals surface area contributed by atoms with Crippen molar-refractivity contribution < 1.29 is 32.0 Å². The van der Waals surface area contributed by atoms with Crippen molar-refractivity contribution in [2.24, 2.45) is 0 Å². The molecule has 5 unspecified atom stereocenters. The van der Waals surface area contributed by atoms with E-state index in [9.17, 15) is 13.8 Å². The minimum absolute atomic E-state index is 0.322. The van der Waals surface area contributed by atoms with Gasteiger partial charge < -0.3 is 14.8 Å². The van der Waals surface area contributed by atoms with Gasteiger partial charge >= 0.3 is 17.3 Å². The molecule has 2 bridgehead atoms. The Labute approximate surface area is 124 Å². The summed E-state index contributed by atoms with van der Waals surface area (Å²) in [7, 11) is 0. The summed E-state index contributed by atoms with van der Waals surface area (Å²) in [5.74, 6) is -1.17. The molecule has 0 aromatic rings. The van der Waals surface area contributed by atoms with Crippen LogP contribution in [0.5, 0.6) is 0 Å². The number of rotatable bonds is 6. The third kappa shape index (κ3) is 3.49. The van der Waals surface area contributed by atoms with Gasteiger partial charge in [0.25, 0.3) is 0 Å². The van der Waals surface area contributed by atoms with Gasteiger partial charge in [-0.2, -0.15) is 4.21 Å². The molecule has 5 atom stereocenters. The highest BCUT2D eigenvalue weighted by atomic mass is 32.2. The van der Waals surface area contributed by atoms with E-state index >= 15 is 0 Å². The molecule has 2 aliphatic heterocycles. The van der Waals surface area contributed by atoms with E-state index in [4.69, 9.17) is 18.2 Å². The van der Waals surface area contributed by atoms with Gasteiger partial charge in [0.05, 0.1) is 6.10 Å². The minimum atomic E-state index is -2.48. The number of fused-ring (bicyclic) bond motifs is 2. The molecule has 2 heterocycles. The standard InChI is InChI=1S/C12H17NO7S/c1-3-8(14)13-6-9(15)18-11-10(20-21(16)17)7-4-5-12(11,2)19-7/h3,7,10-11H,1,4-6H2,2H3,(H,13,14)(H,16,17). The fraction of sp³-hybridized carbons (Fsp3) is 0.667. The van der Waals surface area contributed by atoms with Gasteiger partial charge in [-0.05, 0) is 25.8 Å². The fourth-order valence-corrected chi connectivity index (χ4v) is 3.10. The van der Waals surface area contributed by atoms with E-state index in [-0.39, 0.29) is 12.6 Å². The van der Waals surface area contributed by atoms with E-state index in [1.165, 1.54) is 0 Å². The molecule has 8 nitrogen and oxygen atoms in total. The summed E-state index contributed by atoms with van der Waals surface area (Å²) in [6, 6.07) is 0. The van der Waals surface area contributed by atoms with E-state index in [0.29, 0.717) is 12.8 Å². The predicted octanol–water partition coefficient (Wildman–Crippen LogP) is -0.326. The summed E-state index contributed by atoms with van der Waals surface area (Å²) >= 11 is -2.48. The molecule has 0 aliphatic carbocycles. The van der Waals surface area contributed by atoms with Crippen molar-refractivity contribution in [1.29, 1.82) is 0 Å². The van der Waals surface area contributed by atoms with Crippen molar-refractivity contribution in [3.63, 3.8) is 0 Å². The highest BCUT2D eigenvalue weighted by molar-refractivity contribution is 7.74. The Hall–Kier alpha value is -1.29. The van der Waals surface area contributed by atoms with Crippen LogP contribution in [0.2, 0.25) is 0 Å². The summed E-state index contributed by atoms with van der Waals surface area (Å²) in [6.07, 6.45) is 0.392. The Kier molecular flexibility index (Phi) is 4.77. The van der Waals surface area contributed by atoms with E-state index < -0.39 is 41.0 Å². The summed E-state index contributed by atoms with van der Waals surface area (Å²) in [5, 5.41) is 2.30. The number of hydrogen-bond donors (Lipinski definition) is 2. The number of esters is 1. The van der Waals surface area contributed by atoms with E-state index in [1.54, 1.807) is 6.92 Å². The van der Waals surface area contributed by atoms with Crippen LogP contribution in [-0.4, -0.2) is 51.1 Å². The average molecular weight is 319 g/mol. The zero-order valence-corrected chi connectivity index (χ0v) is 12.3. The average Bonchev–Trinajstić information content (AvgIpc) is 2.92. The number of ether oxygens (including phenoxy) is 2. The fourth-order valence-electron chi connectivity index (χ4n) is 2.69. The number of amides is 1. The maximum atomic E-state index is 11.7. The monoisotopic (exact) mass is 319 g/mol. The Morgan fingerprint density at radius 1 is 1.62 bits per heavy atom. The molecule has 0 aromatic carbocycles. The van der Waals surface area contributed by atoms with Gasteiger partial charge in [0.1, 0.15) is 18.2 Å². The molecule has 1 amide bonds. The maximum Gasteiger partial charge on any atom is 0.325 e. The third-order valence-corrected chi connectivity index (χ3v) is 4.04. The molecule has 2 rings (SSSR count). The summed E-state index contributed by atoms with van der Waals surface area (Å²) in [6.45, 7) is 4.70. The number of nitrogens with one attached hydrogen (secondary N) is 1. The van der Waals surface area contributed by atoms with Crippen molar-refractivity contribution in [1.82, 2.24) is 5.32 Å². The largest absolute Gasteiger partial charge is 0.455 e. The second-order valence-corrected chi connectivity index (χ2v) is 5.74. The third-order valence-electron chi connectivity index (χ3n) is 3.66. The lowest BCUT2D eigenvalue weighted by atomic mass is 9.85. The first kappa shape index (κ1) is 16.1. The lowest BCUT2D eigenvalue weighted by Crippen LogP contribution is -2.49. The highest BCUT2D eigenvalue weighted by Crippen LogP contribution is 2.46. The number of carbonyl (C=O) groups is 2. The zero-order valence-electron chi connectivity index (χ0n) is 11.4. The van der Waals surface area contributed by atoms with Crippen molar-refractivity contribution in [2.75, 3.05) is 6.54 Å².